The Labute approximate surface area is 156 Å². The molecule has 3 aromatic carbocycles. The second kappa shape index (κ2) is 7.02. The Morgan fingerprint density at radius 1 is 0.769 bits per heavy atom. The van der Waals surface area contributed by atoms with Crippen molar-refractivity contribution in [3.8, 4) is 0 Å². The average Bonchev–Trinajstić information content (AvgIpc) is 2.64. The number of aryl methyl sites for hydroxylation is 1. The number of hydrogen-bond donors (Lipinski definition) is 2. The number of fused-ring (bicyclic) bond motifs is 1. The van der Waals surface area contributed by atoms with E-state index in [4.69, 9.17) is 11.6 Å². The number of aromatic nitrogens is 2. The molecule has 0 aliphatic rings. The van der Waals surface area contributed by atoms with E-state index in [0.717, 1.165) is 28.1 Å². The predicted molar refractivity (Wildman–Crippen MR) is 109 cm³/mol. The second-order valence-corrected chi connectivity index (χ2v) is 6.48. The van der Waals surface area contributed by atoms with Crippen LogP contribution in [0.25, 0.3) is 10.9 Å². The molecule has 0 aliphatic carbocycles. The Hall–Kier alpha value is -3.11. The summed E-state index contributed by atoms with van der Waals surface area (Å²) in [6.45, 7) is 2.07. The van der Waals surface area contributed by atoms with Gasteiger partial charge in [0, 0.05) is 21.8 Å². The lowest BCUT2D eigenvalue weighted by atomic mass is 10.2. The molecular weight excluding hydrogens is 344 g/mol. The molecular formula is C21H17ClN4. The van der Waals surface area contributed by atoms with Gasteiger partial charge >= 0.3 is 0 Å². The van der Waals surface area contributed by atoms with Crippen LogP contribution < -0.4 is 10.6 Å². The van der Waals surface area contributed by atoms with E-state index in [0.29, 0.717) is 11.0 Å². The van der Waals surface area contributed by atoms with Crippen LogP contribution in [0.2, 0.25) is 5.02 Å². The molecule has 0 saturated carbocycles. The van der Waals surface area contributed by atoms with Crippen molar-refractivity contribution in [1.82, 2.24) is 9.97 Å². The number of halogens is 1. The third-order valence-electron chi connectivity index (χ3n) is 4.00. The Morgan fingerprint density at radius 3 is 2.38 bits per heavy atom. The molecule has 4 nitrogen and oxygen atoms in total. The van der Waals surface area contributed by atoms with Crippen molar-refractivity contribution in [1.29, 1.82) is 0 Å². The normalized spacial score (nSPS) is 10.7. The molecule has 0 unspecified atom stereocenters. The highest BCUT2D eigenvalue weighted by Crippen LogP contribution is 2.27. The summed E-state index contributed by atoms with van der Waals surface area (Å²) >= 11 is 6.06. The third-order valence-corrected chi connectivity index (χ3v) is 4.23. The van der Waals surface area contributed by atoms with Gasteiger partial charge < -0.3 is 10.6 Å². The number of hydrogen-bond acceptors (Lipinski definition) is 4. The molecule has 4 rings (SSSR count). The van der Waals surface area contributed by atoms with Crippen molar-refractivity contribution >= 4 is 45.6 Å². The van der Waals surface area contributed by atoms with Gasteiger partial charge in [-0.2, -0.15) is 4.98 Å². The van der Waals surface area contributed by atoms with Gasteiger partial charge in [0.15, 0.2) is 0 Å². The first kappa shape index (κ1) is 16.4. The zero-order valence-electron chi connectivity index (χ0n) is 14.2. The summed E-state index contributed by atoms with van der Waals surface area (Å²) in [6.07, 6.45) is 0. The first-order chi connectivity index (χ1) is 12.7. The molecule has 2 N–H and O–H groups in total. The number of anilines is 4. The van der Waals surface area contributed by atoms with Gasteiger partial charge in [-0.25, -0.2) is 4.98 Å². The lowest BCUT2D eigenvalue weighted by Crippen LogP contribution is -2.02. The zero-order chi connectivity index (χ0) is 17.9. The number of rotatable bonds is 4. The summed E-state index contributed by atoms with van der Waals surface area (Å²) in [7, 11) is 0. The summed E-state index contributed by atoms with van der Waals surface area (Å²) in [5.74, 6) is 1.27. The summed E-state index contributed by atoms with van der Waals surface area (Å²) < 4.78 is 0. The van der Waals surface area contributed by atoms with Gasteiger partial charge in [0.2, 0.25) is 5.95 Å². The molecule has 1 heterocycles. The lowest BCUT2D eigenvalue weighted by molar-refractivity contribution is 1.21. The topological polar surface area (TPSA) is 49.8 Å². The van der Waals surface area contributed by atoms with Gasteiger partial charge in [-0.3, -0.25) is 0 Å². The molecule has 1 aromatic heterocycles. The van der Waals surface area contributed by atoms with E-state index in [-0.39, 0.29) is 0 Å². The standard InChI is InChI=1S/C21H17ClN4/c1-14-9-11-16(12-10-14)23-20-18-7-2-3-8-19(18)25-21(26-20)24-17-6-4-5-15(22)13-17/h2-13H,1H3,(H2,23,24,25,26). The molecule has 0 fully saturated rings. The maximum atomic E-state index is 6.06. The maximum Gasteiger partial charge on any atom is 0.229 e. The number of nitrogens with one attached hydrogen (secondary N) is 2. The molecule has 5 heteroatoms. The largest absolute Gasteiger partial charge is 0.340 e. The Morgan fingerprint density at radius 2 is 1.58 bits per heavy atom. The van der Waals surface area contributed by atoms with Crippen molar-refractivity contribution in [3.63, 3.8) is 0 Å². The van der Waals surface area contributed by atoms with E-state index >= 15 is 0 Å². The molecule has 0 atom stereocenters. The van der Waals surface area contributed by atoms with E-state index in [1.54, 1.807) is 0 Å². The van der Waals surface area contributed by atoms with Crippen LogP contribution in [0, 0.1) is 6.92 Å². The molecule has 0 aliphatic heterocycles. The highest BCUT2D eigenvalue weighted by molar-refractivity contribution is 6.30. The van der Waals surface area contributed by atoms with Gasteiger partial charge in [-0.05, 0) is 49.4 Å². The zero-order valence-corrected chi connectivity index (χ0v) is 15.0. The second-order valence-electron chi connectivity index (χ2n) is 6.04. The number of benzene rings is 3. The fourth-order valence-electron chi connectivity index (χ4n) is 2.70. The molecule has 128 valence electrons. The van der Waals surface area contributed by atoms with Gasteiger partial charge in [0.05, 0.1) is 5.52 Å². The molecule has 0 spiro atoms. The Balaban J connectivity index is 1.74. The fraction of sp³-hybridized carbons (Fsp3) is 0.0476. The smallest absolute Gasteiger partial charge is 0.229 e. The molecule has 0 bridgehead atoms. The van der Waals surface area contributed by atoms with E-state index in [1.165, 1.54) is 5.56 Å². The highest BCUT2D eigenvalue weighted by Gasteiger charge is 2.08. The molecule has 0 radical (unpaired) electrons. The summed E-state index contributed by atoms with van der Waals surface area (Å²) in [4.78, 5) is 9.28. The minimum atomic E-state index is 0.514. The van der Waals surface area contributed by atoms with Gasteiger partial charge in [0.25, 0.3) is 0 Å². The van der Waals surface area contributed by atoms with Crippen molar-refractivity contribution in [3.05, 3.63) is 83.4 Å². The van der Waals surface area contributed by atoms with Gasteiger partial charge in [0.1, 0.15) is 5.82 Å². The Kier molecular flexibility index (Phi) is 4.42. The number of nitrogens with zero attached hydrogens (tertiary/aromatic N) is 2. The minimum Gasteiger partial charge on any atom is -0.340 e. The maximum absolute atomic E-state index is 6.06. The summed E-state index contributed by atoms with van der Waals surface area (Å²) in [5.41, 5.74) is 3.90. The van der Waals surface area contributed by atoms with Crippen molar-refractivity contribution in [2.45, 2.75) is 6.92 Å². The van der Waals surface area contributed by atoms with Gasteiger partial charge in [-0.1, -0.05) is 47.5 Å². The number of para-hydroxylation sites is 1. The van der Waals surface area contributed by atoms with E-state index < -0.39 is 0 Å². The third kappa shape index (κ3) is 3.60. The molecule has 26 heavy (non-hydrogen) atoms. The van der Waals surface area contributed by atoms with Crippen LogP contribution in [-0.4, -0.2) is 9.97 Å². The van der Waals surface area contributed by atoms with Gasteiger partial charge in [-0.15, -0.1) is 0 Å². The molecule has 0 saturated heterocycles. The van der Waals surface area contributed by atoms with Crippen molar-refractivity contribution in [2.24, 2.45) is 0 Å². The van der Waals surface area contributed by atoms with E-state index in [9.17, 15) is 0 Å². The SMILES string of the molecule is Cc1ccc(Nc2nc(Nc3cccc(Cl)c3)nc3ccccc23)cc1. The van der Waals surface area contributed by atoms with Crippen LogP contribution in [0.3, 0.4) is 0 Å². The van der Waals surface area contributed by atoms with Crippen LogP contribution in [0.5, 0.6) is 0 Å². The van der Waals surface area contributed by atoms with Crippen LogP contribution in [0.1, 0.15) is 5.56 Å². The average molecular weight is 361 g/mol. The summed E-state index contributed by atoms with van der Waals surface area (Å²) in [5, 5.41) is 8.24. The van der Waals surface area contributed by atoms with Crippen molar-refractivity contribution < 1.29 is 0 Å². The van der Waals surface area contributed by atoms with Crippen LogP contribution in [-0.2, 0) is 0 Å². The molecule has 4 aromatic rings. The first-order valence-corrected chi connectivity index (χ1v) is 8.68. The fourth-order valence-corrected chi connectivity index (χ4v) is 2.89. The van der Waals surface area contributed by atoms with E-state index in [1.807, 2.05) is 60.7 Å². The highest BCUT2D eigenvalue weighted by atomic mass is 35.5. The van der Waals surface area contributed by atoms with Crippen LogP contribution in [0.4, 0.5) is 23.1 Å². The minimum absolute atomic E-state index is 0.514. The monoisotopic (exact) mass is 360 g/mol. The van der Waals surface area contributed by atoms with Crippen LogP contribution >= 0.6 is 11.6 Å². The van der Waals surface area contributed by atoms with Crippen LogP contribution in [0.15, 0.2) is 72.8 Å². The quantitative estimate of drug-likeness (QED) is 0.463. The lowest BCUT2D eigenvalue weighted by Gasteiger charge is -2.12. The Bertz CT molecular complexity index is 1060. The first-order valence-electron chi connectivity index (χ1n) is 8.30. The van der Waals surface area contributed by atoms with E-state index in [2.05, 4.69) is 39.7 Å². The predicted octanol–water partition coefficient (Wildman–Crippen LogP) is 6.08. The van der Waals surface area contributed by atoms with Crippen molar-refractivity contribution in [2.75, 3.05) is 10.6 Å². The molecule has 0 amide bonds. The summed E-state index contributed by atoms with van der Waals surface area (Å²) in [6, 6.07) is 23.6.